The SMILES string of the molecule is Nc1nc2cccc3c2n1C(C1CCNCC1)CC3. The minimum absolute atomic E-state index is 0.544. The topological polar surface area (TPSA) is 55.9 Å². The number of nitrogens with two attached hydrogens (primary N) is 1. The molecular formula is C15H20N4. The summed E-state index contributed by atoms with van der Waals surface area (Å²) in [7, 11) is 0. The Hall–Kier alpha value is -1.55. The monoisotopic (exact) mass is 256 g/mol. The number of hydrogen-bond donors (Lipinski definition) is 2. The molecule has 19 heavy (non-hydrogen) atoms. The molecule has 1 aromatic carbocycles. The largest absolute Gasteiger partial charge is 0.369 e. The summed E-state index contributed by atoms with van der Waals surface area (Å²) in [4.78, 5) is 4.55. The fourth-order valence-electron chi connectivity index (χ4n) is 3.88. The summed E-state index contributed by atoms with van der Waals surface area (Å²) in [5, 5.41) is 3.45. The van der Waals surface area contributed by atoms with E-state index in [-0.39, 0.29) is 0 Å². The third kappa shape index (κ3) is 1.66. The maximum atomic E-state index is 6.20. The molecule has 0 saturated carbocycles. The van der Waals surface area contributed by atoms with Gasteiger partial charge in [0, 0.05) is 6.04 Å². The zero-order chi connectivity index (χ0) is 12.8. The number of imidazole rings is 1. The fourth-order valence-corrected chi connectivity index (χ4v) is 3.88. The van der Waals surface area contributed by atoms with Gasteiger partial charge in [-0.15, -0.1) is 0 Å². The van der Waals surface area contributed by atoms with E-state index in [0.29, 0.717) is 12.0 Å². The van der Waals surface area contributed by atoms with Crippen molar-refractivity contribution in [3.63, 3.8) is 0 Å². The van der Waals surface area contributed by atoms with Gasteiger partial charge in [-0.1, -0.05) is 12.1 Å². The molecule has 1 aromatic heterocycles. The number of nitrogens with zero attached hydrogens (tertiary/aromatic N) is 2. The molecule has 1 unspecified atom stereocenters. The van der Waals surface area contributed by atoms with Crippen LogP contribution in [0.1, 0.15) is 30.9 Å². The molecule has 4 rings (SSSR count). The van der Waals surface area contributed by atoms with E-state index in [1.807, 2.05) is 0 Å². The number of benzene rings is 1. The molecule has 1 saturated heterocycles. The number of piperidine rings is 1. The van der Waals surface area contributed by atoms with Gasteiger partial charge in [-0.3, -0.25) is 0 Å². The van der Waals surface area contributed by atoms with Crippen LogP contribution in [0.3, 0.4) is 0 Å². The van der Waals surface area contributed by atoms with Gasteiger partial charge in [0.05, 0.1) is 11.0 Å². The number of anilines is 1. The summed E-state index contributed by atoms with van der Waals surface area (Å²) < 4.78 is 2.32. The Morgan fingerprint density at radius 1 is 1.21 bits per heavy atom. The van der Waals surface area contributed by atoms with Crippen molar-refractivity contribution in [1.29, 1.82) is 0 Å². The molecule has 2 aliphatic heterocycles. The molecule has 0 spiro atoms. The number of rotatable bonds is 1. The lowest BCUT2D eigenvalue weighted by molar-refractivity contribution is 0.249. The van der Waals surface area contributed by atoms with E-state index in [1.54, 1.807) is 0 Å². The van der Waals surface area contributed by atoms with Crippen molar-refractivity contribution in [1.82, 2.24) is 14.9 Å². The highest BCUT2D eigenvalue weighted by molar-refractivity contribution is 5.82. The summed E-state index contributed by atoms with van der Waals surface area (Å²) >= 11 is 0. The van der Waals surface area contributed by atoms with Gasteiger partial charge >= 0.3 is 0 Å². The second-order valence-corrected chi connectivity index (χ2v) is 5.82. The number of para-hydroxylation sites is 1. The summed E-state index contributed by atoms with van der Waals surface area (Å²) in [5.74, 6) is 1.44. The second-order valence-electron chi connectivity index (χ2n) is 5.82. The molecule has 4 heteroatoms. The first-order valence-corrected chi connectivity index (χ1v) is 7.30. The van der Waals surface area contributed by atoms with Crippen molar-refractivity contribution in [3.05, 3.63) is 23.8 Å². The van der Waals surface area contributed by atoms with Gasteiger partial charge in [-0.25, -0.2) is 4.98 Å². The summed E-state index contributed by atoms with van der Waals surface area (Å²) in [5.41, 5.74) is 9.96. The molecule has 2 aromatic rings. The summed E-state index contributed by atoms with van der Waals surface area (Å²) in [6.45, 7) is 2.28. The van der Waals surface area contributed by atoms with Crippen molar-refractivity contribution < 1.29 is 0 Å². The van der Waals surface area contributed by atoms with E-state index < -0.39 is 0 Å². The number of aryl methyl sites for hydroxylation is 1. The lowest BCUT2D eigenvalue weighted by Gasteiger charge is -2.35. The van der Waals surface area contributed by atoms with E-state index in [0.717, 1.165) is 30.9 Å². The lowest BCUT2D eigenvalue weighted by Crippen LogP contribution is -2.34. The number of nitrogen functional groups attached to an aromatic ring is 1. The van der Waals surface area contributed by atoms with E-state index in [4.69, 9.17) is 5.73 Å². The summed E-state index contributed by atoms with van der Waals surface area (Å²) in [6, 6.07) is 6.94. The van der Waals surface area contributed by atoms with Gasteiger partial charge in [0.1, 0.15) is 0 Å². The van der Waals surface area contributed by atoms with Crippen LogP contribution in [0.4, 0.5) is 5.95 Å². The maximum absolute atomic E-state index is 6.20. The molecule has 0 radical (unpaired) electrons. The van der Waals surface area contributed by atoms with Gasteiger partial charge in [-0.2, -0.15) is 0 Å². The minimum Gasteiger partial charge on any atom is -0.369 e. The predicted octanol–water partition coefficient (Wildman–Crippen LogP) is 2.11. The Morgan fingerprint density at radius 2 is 2.05 bits per heavy atom. The predicted molar refractivity (Wildman–Crippen MR) is 77.1 cm³/mol. The lowest BCUT2D eigenvalue weighted by atomic mass is 9.84. The van der Waals surface area contributed by atoms with E-state index in [2.05, 4.69) is 33.1 Å². The standard InChI is InChI=1S/C15H20N4/c16-15-18-12-3-1-2-11-4-5-13(19(15)14(11)12)10-6-8-17-9-7-10/h1-3,10,13,17H,4-9H2,(H2,16,18). The van der Waals surface area contributed by atoms with Crippen molar-refractivity contribution >= 4 is 17.0 Å². The molecule has 2 aliphatic rings. The molecule has 0 aliphatic carbocycles. The molecule has 1 atom stereocenters. The van der Waals surface area contributed by atoms with Gasteiger partial charge in [0.15, 0.2) is 0 Å². The highest BCUT2D eigenvalue weighted by atomic mass is 15.2. The highest BCUT2D eigenvalue weighted by Crippen LogP contribution is 2.39. The second kappa shape index (κ2) is 4.23. The number of hydrogen-bond acceptors (Lipinski definition) is 3. The summed E-state index contributed by atoms with van der Waals surface area (Å²) in [6.07, 6.45) is 4.88. The zero-order valence-corrected chi connectivity index (χ0v) is 11.1. The number of aromatic nitrogens is 2. The molecule has 100 valence electrons. The van der Waals surface area contributed by atoms with Crippen molar-refractivity contribution in [2.45, 2.75) is 31.7 Å². The first kappa shape index (κ1) is 11.3. The van der Waals surface area contributed by atoms with Crippen molar-refractivity contribution in [2.75, 3.05) is 18.8 Å². The Morgan fingerprint density at radius 3 is 2.89 bits per heavy atom. The van der Waals surface area contributed by atoms with Crippen LogP contribution >= 0.6 is 0 Å². The van der Waals surface area contributed by atoms with Gasteiger partial charge < -0.3 is 15.6 Å². The molecule has 1 fully saturated rings. The first-order valence-electron chi connectivity index (χ1n) is 7.30. The third-order valence-electron chi connectivity index (χ3n) is 4.79. The van der Waals surface area contributed by atoms with Gasteiger partial charge in [0.25, 0.3) is 0 Å². The Kier molecular flexibility index (Phi) is 2.52. The van der Waals surface area contributed by atoms with E-state index in [9.17, 15) is 0 Å². The van der Waals surface area contributed by atoms with Gasteiger partial charge in [-0.05, 0) is 56.3 Å². The molecule has 0 amide bonds. The Balaban J connectivity index is 1.84. The van der Waals surface area contributed by atoms with Crippen molar-refractivity contribution in [2.24, 2.45) is 5.92 Å². The van der Waals surface area contributed by atoms with Crippen LogP contribution in [-0.4, -0.2) is 22.6 Å². The first-order chi connectivity index (χ1) is 9.34. The minimum atomic E-state index is 0.544. The van der Waals surface area contributed by atoms with Crippen LogP contribution in [0.2, 0.25) is 0 Å². The number of nitrogens with one attached hydrogen (secondary N) is 1. The normalized spacial score (nSPS) is 23.9. The van der Waals surface area contributed by atoms with Crippen molar-refractivity contribution in [3.8, 4) is 0 Å². The third-order valence-corrected chi connectivity index (χ3v) is 4.79. The maximum Gasteiger partial charge on any atom is 0.201 e. The molecule has 4 nitrogen and oxygen atoms in total. The molecule has 3 N–H and O–H groups in total. The van der Waals surface area contributed by atoms with Crippen LogP contribution in [0.15, 0.2) is 18.2 Å². The molecular weight excluding hydrogens is 236 g/mol. The van der Waals surface area contributed by atoms with E-state index in [1.165, 1.54) is 30.3 Å². The average Bonchev–Trinajstić information content (AvgIpc) is 2.80. The van der Waals surface area contributed by atoms with Crippen LogP contribution in [0.25, 0.3) is 11.0 Å². The fraction of sp³-hybridized carbons (Fsp3) is 0.533. The van der Waals surface area contributed by atoms with Crippen LogP contribution in [0.5, 0.6) is 0 Å². The Labute approximate surface area is 113 Å². The Bertz CT molecular complexity index is 610. The zero-order valence-electron chi connectivity index (χ0n) is 11.1. The molecule has 0 bridgehead atoms. The van der Waals surface area contributed by atoms with Crippen LogP contribution in [0, 0.1) is 5.92 Å². The highest BCUT2D eigenvalue weighted by Gasteiger charge is 2.31. The quantitative estimate of drug-likeness (QED) is 0.821. The van der Waals surface area contributed by atoms with Gasteiger partial charge in [0.2, 0.25) is 5.95 Å². The average molecular weight is 256 g/mol. The van der Waals surface area contributed by atoms with Crippen LogP contribution < -0.4 is 11.1 Å². The smallest absolute Gasteiger partial charge is 0.201 e. The molecule has 3 heterocycles. The van der Waals surface area contributed by atoms with Crippen LogP contribution in [-0.2, 0) is 6.42 Å². The van der Waals surface area contributed by atoms with E-state index >= 15 is 0 Å².